The molecule has 1 aromatic rings. The normalized spacial score (nSPS) is 30.9. The molecule has 2 saturated heterocycles. The summed E-state index contributed by atoms with van der Waals surface area (Å²) < 4.78 is 5.12. The summed E-state index contributed by atoms with van der Waals surface area (Å²) in [6.07, 6.45) is 0.0571. The standard InChI is InChI=1S/C15H15N3O5/c19-13-8-16-12(23-13)7-3-6-11(18(16)22)17-14(20)9-4-1-2-5-10(9)15(17)21/h1-2,4-5,11-12,18H,3,6-8H2/t11-,12?/m0/s1. The van der Waals surface area contributed by atoms with E-state index < -0.39 is 35.3 Å². The first-order valence-corrected chi connectivity index (χ1v) is 7.55. The zero-order valence-corrected chi connectivity index (χ0v) is 12.2. The number of carbonyl (C=O) groups is 3. The topological polar surface area (TPSA) is 94.4 Å². The molecule has 0 radical (unpaired) electrons. The maximum absolute atomic E-state index is 12.7. The number of hydrogen-bond acceptors (Lipinski definition) is 6. The summed E-state index contributed by atoms with van der Waals surface area (Å²) in [6, 6.07) is 6.54. The highest BCUT2D eigenvalue weighted by Crippen LogP contribution is 2.26. The second kappa shape index (κ2) is 5.12. The van der Waals surface area contributed by atoms with E-state index in [1.54, 1.807) is 24.3 Å². The predicted octanol–water partition coefficient (Wildman–Crippen LogP) is -0.725. The number of nitrogens with one attached hydrogen (secondary N) is 1. The Labute approximate surface area is 131 Å². The van der Waals surface area contributed by atoms with E-state index >= 15 is 0 Å². The van der Waals surface area contributed by atoms with Crippen molar-refractivity contribution in [3.8, 4) is 0 Å². The molecule has 8 heteroatoms. The molecule has 1 N–H and O–H groups in total. The number of ether oxygens (including phenoxy) is 1. The van der Waals surface area contributed by atoms with Crippen molar-refractivity contribution >= 4 is 17.8 Å². The molecule has 8 nitrogen and oxygen atoms in total. The van der Waals surface area contributed by atoms with Crippen molar-refractivity contribution in [1.82, 2.24) is 9.91 Å². The zero-order chi connectivity index (χ0) is 16.1. The summed E-state index contributed by atoms with van der Waals surface area (Å²) in [5, 5.41) is 13.7. The van der Waals surface area contributed by atoms with E-state index in [1.807, 2.05) is 0 Å². The molecule has 120 valence electrons. The lowest BCUT2D eigenvalue weighted by atomic mass is 10.1. The van der Waals surface area contributed by atoms with Gasteiger partial charge in [0, 0.05) is 12.8 Å². The van der Waals surface area contributed by atoms with E-state index in [9.17, 15) is 19.6 Å². The SMILES string of the molecule is O=C1CN2C(CCC[C@@H](N3C(=O)c4ccccc4C3=O)[NH+]2[O-])O1. The van der Waals surface area contributed by atoms with Crippen LogP contribution in [0, 0.1) is 5.21 Å². The number of quaternary nitrogens is 1. The molecule has 3 atom stereocenters. The van der Waals surface area contributed by atoms with Crippen molar-refractivity contribution in [2.45, 2.75) is 31.7 Å². The Hall–Kier alpha value is -2.29. The highest BCUT2D eigenvalue weighted by Gasteiger charge is 2.48. The highest BCUT2D eigenvalue weighted by molar-refractivity contribution is 6.21. The Balaban J connectivity index is 1.67. The number of nitrogens with zero attached hydrogens (tertiary/aromatic N) is 2. The van der Waals surface area contributed by atoms with E-state index in [4.69, 9.17) is 4.74 Å². The third kappa shape index (κ3) is 2.07. The molecule has 1 aromatic carbocycles. The average molecular weight is 317 g/mol. The lowest BCUT2D eigenvalue weighted by molar-refractivity contribution is -1.00. The third-order valence-electron chi connectivity index (χ3n) is 4.55. The molecule has 0 aromatic heterocycles. The summed E-state index contributed by atoms with van der Waals surface area (Å²) >= 11 is 0. The molecule has 2 amide bonds. The number of hydroxylamine groups is 1. The van der Waals surface area contributed by atoms with E-state index in [0.717, 1.165) is 4.90 Å². The molecule has 0 bridgehead atoms. The van der Waals surface area contributed by atoms with Gasteiger partial charge in [0.15, 0.2) is 12.4 Å². The molecular formula is C15H15N3O5. The molecule has 0 spiro atoms. The average Bonchev–Trinajstić information content (AvgIpc) is 2.99. The molecule has 3 aliphatic heterocycles. The van der Waals surface area contributed by atoms with Crippen LogP contribution in [0.1, 0.15) is 40.0 Å². The van der Waals surface area contributed by atoms with Crippen LogP contribution >= 0.6 is 0 Å². The second-order valence-corrected chi connectivity index (χ2v) is 5.88. The molecular weight excluding hydrogens is 302 g/mol. The maximum atomic E-state index is 12.7. The highest BCUT2D eigenvalue weighted by atomic mass is 16.6. The number of rotatable bonds is 1. The minimum Gasteiger partial charge on any atom is -0.611 e. The van der Waals surface area contributed by atoms with Gasteiger partial charge in [-0.1, -0.05) is 12.1 Å². The summed E-state index contributed by atoms with van der Waals surface area (Å²) in [4.78, 5) is 37.6. The smallest absolute Gasteiger partial charge is 0.327 e. The number of fused-ring (bicyclic) bond motifs is 2. The fraction of sp³-hybridized carbons (Fsp3) is 0.400. The van der Waals surface area contributed by atoms with E-state index in [2.05, 4.69) is 0 Å². The van der Waals surface area contributed by atoms with Crippen molar-refractivity contribution in [2.24, 2.45) is 0 Å². The van der Waals surface area contributed by atoms with Crippen molar-refractivity contribution < 1.29 is 24.3 Å². The maximum Gasteiger partial charge on any atom is 0.327 e. The molecule has 2 unspecified atom stereocenters. The van der Waals surface area contributed by atoms with Gasteiger partial charge >= 0.3 is 5.97 Å². The van der Waals surface area contributed by atoms with Gasteiger partial charge in [-0.25, -0.2) is 4.90 Å². The molecule has 23 heavy (non-hydrogen) atoms. The number of benzene rings is 1. The summed E-state index contributed by atoms with van der Waals surface area (Å²) in [6.45, 7) is -0.122. The molecule has 2 fully saturated rings. The van der Waals surface area contributed by atoms with Crippen molar-refractivity contribution in [2.75, 3.05) is 6.54 Å². The minimum atomic E-state index is -0.873. The number of amides is 2. The van der Waals surface area contributed by atoms with Gasteiger partial charge in [0.05, 0.1) is 11.1 Å². The minimum absolute atomic E-state index is 0.122. The molecule has 3 aliphatic rings. The Kier molecular flexibility index (Phi) is 3.19. The van der Waals surface area contributed by atoms with Crippen LogP contribution in [0.4, 0.5) is 0 Å². The zero-order valence-electron chi connectivity index (χ0n) is 12.2. The molecule has 4 rings (SSSR count). The van der Waals surface area contributed by atoms with E-state index in [0.29, 0.717) is 30.4 Å². The van der Waals surface area contributed by atoms with Gasteiger partial charge < -0.3 is 9.94 Å². The fourth-order valence-corrected chi connectivity index (χ4v) is 3.46. The van der Waals surface area contributed by atoms with Gasteiger partial charge in [0.25, 0.3) is 11.8 Å². The Morgan fingerprint density at radius 3 is 2.39 bits per heavy atom. The molecule has 0 aliphatic carbocycles. The van der Waals surface area contributed by atoms with Gasteiger partial charge in [-0.3, -0.25) is 19.6 Å². The van der Waals surface area contributed by atoms with Crippen LogP contribution in [0.5, 0.6) is 0 Å². The van der Waals surface area contributed by atoms with Crippen molar-refractivity contribution in [3.05, 3.63) is 40.6 Å². The van der Waals surface area contributed by atoms with E-state index in [-0.39, 0.29) is 6.54 Å². The van der Waals surface area contributed by atoms with Crippen LogP contribution in [0.15, 0.2) is 24.3 Å². The van der Waals surface area contributed by atoms with Gasteiger partial charge in [-0.15, -0.1) is 5.01 Å². The Morgan fingerprint density at radius 2 is 1.74 bits per heavy atom. The molecule has 0 saturated carbocycles. The summed E-state index contributed by atoms with van der Waals surface area (Å²) in [7, 11) is 0. The number of hydrogen-bond donors (Lipinski definition) is 1. The van der Waals surface area contributed by atoms with Crippen LogP contribution in [0.3, 0.4) is 0 Å². The number of imide groups is 1. The van der Waals surface area contributed by atoms with Gasteiger partial charge in [0.1, 0.15) is 6.54 Å². The van der Waals surface area contributed by atoms with Crippen LogP contribution < -0.4 is 5.17 Å². The lowest BCUT2D eigenvalue weighted by Crippen LogP contribution is -3.19. The fourth-order valence-electron chi connectivity index (χ4n) is 3.46. The molecule has 3 heterocycles. The van der Waals surface area contributed by atoms with Crippen LogP contribution in [-0.4, -0.2) is 46.6 Å². The van der Waals surface area contributed by atoms with Crippen LogP contribution in [0.2, 0.25) is 0 Å². The largest absolute Gasteiger partial charge is 0.611 e. The Bertz CT molecular complexity index is 671. The van der Waals surface area contributed by atoms with Crippen molar-refractivity contribution in [1.29, 1.82) is 0 Å². The Morgan fingerprint density at radius 1 is 1.09 bits per heavy atom. The quantitative estimate of drug-likeness (QED) is 0.417. The number of carbonyl (C=O) groups excluding carboxylic acids is 3. The lowest BCUT2D eigenvalue weighted by Gasteiger charge is -2.38. The van der Waals surface area contributed by atoms with Gasteiger partial charge in [-0.2, -0.15) is 0 Å². The summed E-state index contributed by atoms with van der Waals surface area (Å²) in [5.74, 6) is -1.35. The van der Waals surface area contributed by atoms with Crippen LogP contribution in [-0.2, 0) is 9.53 Å². The van der Waals surface area contributed by atoms with E-state index in [1.165, 1.54) is 5.01 Å². The van der Waals surface area contributed by atoms with Gasteiger partial charge in [0.2, 0.25) is 0 Å². The third-order valence-corrected chi connectivity index (χ3v) is 4.55. The van der Waals surface area contributed by atoms with Gasteiger partial charge in [-0.05, 0) is 18.6 Å². The summed E-state index contributed by atoms with van der Waals surface area (Å²) in [5.41, 5.74) is 0.639. The second-order valence-electron chi connectivity index (χ2n) is 5.88. The van der Waals surface area contributed by atoms with Crippen LogP contribution in [0.25, 0.3) is 0 Å². The predicted molar refractivity (Wildman–Crippen MR) is 75.5 cm³/mol. The monoisotopic (exact) mass is 317 g/mol. The van der Waals surface area contributed by atoms with Crippen molar-refractivity contribution in [3.63, 3.8) is 0 Å². The first kappa shape index (κ1) is 14.3. The first-order chi connectivity index (χ1) is 11.1. The first-order valence-electron chi connectivity index (χ1n) is 7.55. The number of esters is 1.